The van der Waals surface area contributed by atoms with Crippen LogP contribution in [0, 0.1) is 5.92 Å². The molecule has 0 aromatic rings. The Morgan fingerprint density at radius 1 is 1.33 bits per heavy atom. The summed E-state index contributed by atoms with van der Waals surface area (Å²) in [5.41, 5.74) is 0.0209. The quantitative estimate of drug-likeness (QED) is 0.712. The molecule has 2 nitrogen and oxygen atoms in total. The molecule has 1 aliphatic rings. The molecule has 0 N–H and O–H groups in total. The van der Waals surface area contributed by atoms with Crippen LogP contribution in [-0.4, -0.2) is 36.7 Å². The van der Waals surface area contributed by atoms with Gasteiger partial charge in [-0.15, -0.1) is 0 Å². The summed E-state index contributed by atoms with van der Waals surface area (Å²) in [6.45, 7) is 13.4. The second-order valence-electron chi connectivity index (χ2n) is 5.73. The van der Waals surface area contributed by atoms with Gasteiger partial charge in [-0.05, 0) is 59.0 Å². The van der Waals surface area contributed by atoms with E-state index in [1.165, 1.54) is 38.9 Å². The maximum absolute atomic E-state index is 5.87. The van der Waals surface area contributed by atoms with Crippen LogP contribution in [0.5, 0.6) is 0 Å². The van der Waals surface area contributed by atoms with Crippen molar-refractivity contribution in [1.29, 1.82) is 0 Å². The van der Waals surface area contributed by atoms with Gasteiger partial charge in [-0.2, -0.15) is 0 Å². The Kier molecular flexibility index (Phi) is 5.07. The minimum absolute atomic E-state index is 0.0209. The summed E-state index contributed by atoms with van der Waals surface area (Å²) >= 11 is 0. The zero-order valence-corrected chi connectivity index (χ0v) is 10.9. The molecule has 1 saturated heterocycles. The number of ether oxygens (including phenoxy) is 1. The molecule has 1 atom stereocenters. The van der Waals surface area contributed by atoms with Crippen LogP contribution in [0.1, 0.15) is 47.0 Å². The van der Waals surface area contributed by atoms with Crippen molar-refractivity contribution in [3.8, 4) is 0 Å². The minimum atomic E-state index is 0.0209. The van der Waals surface area contributed by atoms with Crippen molar-refractivity contribution in [2.75, 3.05) is 26.2 Å². The molecule has 0 spiro atoms. The maximum atomic E-state index is 5.87. The Labute approximate surface area is 95.0 Å². The zero-order chi connectivity index (χ0) is 11.3. The highest BCUT2D eigenvalue weighted by Crippen LogP contribution is 2.19. The zero-order valence-electron chi connectivity index (χ0n) is 10.9. The maximum Gasteiger partial charge on any atom is 0.0598 e. The second-order valence-corrected chi connectivity index (χ2v) is 5.73. The number of nitrogens with zero attached hydrogens (tertiary/aromatic N) is 1. The lowest BCUT2D eigenvalue weighted by molar-refractivity contribution is -0.0346. The van der Waals surface area contributed by atoms with Gasteiger partial charge >= 0.3 is 0 Å². The van der Waals surface area contributed by atoms with Crippen molar-refractivity contribution < 1.29 is 4.74 Å². The number of rotatable bonds is 4. The van der Waals surface area contributed by atoms with Gasteiger partial charge in [0.1, 0.15) is 0 Å². The molecule has 0 saturated carbocycles. The summed E-state index contributed by atoms with van der Waals surface area (Å²) in [7, 11) is 0. The third-order valence-electron chi connectivity index (χ3n) is 2.89. The van der Waals surface area contributed by atoms with Gasteiger partial charge in [0.15, 0.2) is 0 Å². The molecular formula is C13H27NO. The standard InChI is InChI=1S/C13H27NO/c1-5-8-14-9-6-7-12(10-14)11-15-13(2,3)4/h12H,5-11H2,1-4H3. The molecular weight excluding hydrogens is 186 g/mol. The van der Waals surface area contributed by atoms with E-state index in [2.05, 4.69) is 32.6 Å². The number of piperidine rings is 1. The van der Waals surface area contributed by atoms with E-state index >= 15 is 0 Å². The van der Waals surface area contributed by atoms with Crippen LogP contribution in [0.25, 0.3) is 0 Å². The third-order valence-corrected chi connectivity index (χ3v) is 2.89. The summed E-state index contributed by atoms with van der Waals surface area (Å²) in [5.74, 6) is 0.754. The molecule has 90 valence electrons. The summed E-state index contributed by atoms with van der Waals surface area (Å²) in [6.07, 6.45) is 3.96. The normalized spacial score (nSPS) is 24.4. The van der Waals surface area contributed by atoms with E-state index < -0.39 is 0 Å². The summed E-state index contributed by atoms with van der Waals surface area (Å²) in [4.78, 5) is 2.58. The van der Waals surface area contributed by atoms with Crippen molar-refractivity contribution in [1.82, 2.24) is 4.90 Å². The van der Waals surface area contributed by atoms with Gasteiger partial charge < -0.3 is 9.64 Å². The van der Waals surface area contributed by atoms with Crippen molar-refractivity contribution in [3.05, 3.63) is 0 Å². The molecule has 0 aliphatic carbocycles. The lowest BCUT2D eigenvalue weighted by Gasteiger charge is -2.33. The van der Waals surface area contributed by atoms with Crippen molar-refractivity contribution in [2.45, 2.75) is 52.6 Å². The molecule has 1 heterocycles. The topological polar surface area (TPSA) is 12.5 Å². The van der Waals surface area contributed by atoms with E-state index in [0.717, 1.165) is 12.5 Å². The summed E-state index contributed by atoms with van der Waals surface area (Å²) < 4.78 is 5.87. The number of hydrogen-bond acceptors (Lipinski definition) is 2. The fourth-order valence-corrected chi connectivity index (χ4v) is 2.17. The first kappa shape index (κ1) is 13.0. The Morgan fingerprint density at radius 3 is 2.67 bits per heavy atom. The average Bonchev–Trinajstić information content (AvgIpc) is 2.15. The molecule has 0 radical (unpaired) electrons. The van der Waals surface area contributed by atoms with E-state index in [1.807, 2.05) is 0 Å². The molecule has 15 heavy (non-hydrogen) atoms. The van der Waals surface area contributed by atoms with Crippen molar-refractivity contribution in [3.63, 3.8) is 0 Å². The number of likely N-dealkylation sites (tertiary alicyclic amines) is 1. The van der Waals surface area contributed by atoms with Crippen LogP contribution >= 0.6 is 0 Å². The van der Waals surface area contributed by atoms with Gasteiger partial charge in [0.25, 0.3) is 0 Å². The first-order chi connectivity index (χ1) is 7.01. The molecule has 1 rings (SSSR count). The van der Waals surface area contributed by atoms with Gasteiger partial charge in [-0.3, -0.25) is 0 Å². The van der Waals surface area contributed by atoms with Gasteiger partial charge in [0.2, 0.25) is 0 Å². The average molecular weight is 213 g/mol. The fourth-order valence-electron chi connectivity index (χ4n) is 2.17. The predicted molar refractivity (Wildman–Crippen MR) is 65.2 cm³/mol. The fraction of sp³-hybridized carbons (Fsp3) is 1.00. The van der Waals surface area contributed by atoms with Gasteiger partial charge in [0.05, 0.1) is 12.2 Å². The first-order valence-corrected chi connectivity index (χ1v) is 6.37. The van der Waals surface area contributed by atoms with Crippen molar-refractivity contribution in [2.24, 2.45) is 5.92 Å². The Morgan fingerprint density at radius 2 is 2.07 bits per heavy atom. The van der Waals surface area contributed by atoms with Crippen LogP contribution in [0.3, 0.4) is 0 Å². The minimum Gasteiger partial charge on any atom is -0.376 e. The van der Waals surface area contributed by atoms with E-state index in [0.29, 0.717) is 0 Å². The van der Waals surface area contributed by atoms with Crippen LogP contribution in [0.15, 0.2) is 0 Å². The predicted octanol–water partition coefficient (Wildman–Crippen LogP) is 2.92. The van der Waals surface area contributed by atoms with Crippen LogP contribution < -0.4 is 0 Å². The lowest BCUT2D eigenvalue weighted by Crippen LogP contribution is -2.38. The van der Waals surface area contributed by atoms with E-state index in [4.69, 9.17) is 4.74 Å². The number of hydrogen-bond donors (Lipinski definition) is 0. The first-order valence-electron chi connectivity index (χ1n) is 6.37. The molecule has 1 aliphatic heterocycles. The van der Waals surface area contributed by atoms with Gasteiger partial charge in [-0.1, -0.05) is 6.92 Å². The highest BCUT2D eigenvalue weighted by Gasteiger charge is 2.21. The Hall–Kier alpha value is -0.0800. The smallest absolute Gasteiger partial charge is 0.0598 e. The van der Waals surface area contributed by atoms with Gasteiger partial charge in [0, 0.05) is 6.54 Å². The van der Waals surface area contributed by atoms with Crippen molar-refractivity contribution >= 4 is 0 Å². The molecule has 0 aromatic carbocycles. The van der Waals surface area contributed by atoms with Crippen LogP contribution in [0.2, 0.25) is 0 Å². The molecule has 2 heteroatoms. The van der Waals surface area contributed by atoms with Gasteiger partial charge in [-0.25, -0.2) is 0 Å². The highest BCUT2D eigenvalue weighted by atomic mass is 16.5. The van der Waals surface area contributed by atoms with Crippen LogP contribution in [-0.2, 0) is 4.74 Å². The Balaban J connectivity index is 2.24. The van der Waals surface area contributed by atoms with Crippen LogP contribution in [0.4, 0.5) is 0 Å². The molecule has 1 unspecified atom stereocenters. The van der Waals surface area contributed by atoms with E-state index in [-0.39, 0.29) is 5.60 Å². The summed E-state index contributed by atoms with van der Waals surface area (Å²) in [5, 5.41) is 0. The Bertz CT molecular complexity index is 172. The molecule has 0 amide bonds. The molecule has 0 bridgehead atoms. The lowest BCUT2D eigenvalue weighted by atomic mass is 9.98. The largest absolute Gasteiger partial charge is 0.376 e. The summed E-state index contributed by atoms with van der Waals surface area (Å²) in [6, 6.07) is 0. The second kappa shape index (κ2) is 5.86. The SMILES string of the molecule is CCCN1CCCC(COC(C)(C)C)C1. The van der Waals surface area contributed by atoms with E-state index in [9.17, 15) is 0 Å². The third kappa shape index (κ3) is 5.53. The monoisotopic (exact) mass is 213 g/mol. The highest BCUT2D eigenvalue weighted by molar-refractivity contribution is 4.73. The van der Waals surface area contributed by atoms with E-state index in [1.54, 1.807) is 0 Å². The molecule has 0 aromatic heterocycles. The molecule has 1 fully saturated rings.